The lowest BCUT2D eigenvalue weighted by Gasteiger charge is -2.35. The fourth-order valence-corrected chi connectivity index (χ4v) is 3.31. The molecule has 110 valence electrons. The Hall–Kier alpha value is -1.06. The molecule has 21 heavy (non-hydrogen) atoms. The molecule has 1 aliphatic rings. The van der Waals surface area contributed by atoms with E-state index in [4.69, 9.17) is 23.2 Å². The van der Waals surface area contributed by atoms with Crippen LogP contribution < -0.4 is 5.32 Å². The van der Waals surface area contributed by atoms with E-state index in [0.717, 1.165) is 36.2 Å². The van der Waals surface area contributed by atoms with E-state index < -0.39 is 0 Å². The van der Waals surface area contributed by atoms with E-state index in [1.54, 1.807) is 0 Å². The Morgan fingerprint density at radius 1 is 0.857 bits per heavy atom. The molecule has 0 radical (unpaired) electrons. The minimum Gasteiger partial charge on any atom is -0.314 e. The summed E-state index contributed by atoms with van der Waals surface area (Å²) >= 11 is 12.4. The van der Waals surface area contributed by atoms with Crippen LogP contribution in [0.2, 0.25) is 10.0 Å². The summed E-state index contributed by atoms with van der Waals surface area (Å²) in [6, 6.07) is 16.4. The molecule has 2 aromatic rings. The minimum absolute atomic E-state index is 0.199. The van der Waals surface area contributed by atoms with Gasteiger partial charge in [0.2, 0.25) is 0 Å². The van der Waals surface area contributed by atoms with Gasteiger partial charge in [-0.2, -0.15) is 0 Å². The number of rotatable bonds is 3. The summed E-state index contributed by atoms with van der Waals surface area (Å²) in [5.74, 6) is 0. The van der Waals surface area contributed by atoms with Gasteiger partial charge in [-0.1, -0.05) is 47.5 Å². The first-order valence-corrected chi connectivity index (χ1v) is 7.95. The van der Waals surface area contributed by atoms with E-state index in [1.807, 2.05) is 24.3 Å². The Bertz CT molecular complexity index is 564. The van der Waals surface area contributed by atoms with Crippen LogP contribution in [0.3, 0.4) is 0 Å². The van der Waals surface area contributed by atoms with Crippen molar-refractivity contribution in [3.8, 4) is 0 Å². The van der Waals surface area contributed by atoms with Crippen LogP contribution in [0, 0.1) is 0 Å². The first-order chi connectivity index (χ1) is 10.2. The first kappa shape index (κ1) is 14.9. The molecule has 4 heteroatoms. The summed E-state index contributed by atoms with van der Waals surface area (Å²) in [5, 5.41) is 4.95. The predicted molar refractivity (Wildman–Crippen MR) is 89.2 cm³/mol. The Kier molecular flexibility index (Phi) is 4.81. The molecule has 0 atom stereocenters. The van der Waals surface area contributed by atoms with Crippen LogP contribution in [0.1, 0.15) is 17.2 Å². The molecule has 2 aromatic carbocycles. The van der Waals surface area contributed by atoms with Gasteiger partial charge in [-0.15, -0.1) is 0 Å². The van der Waals surface area contributed by atoms with Gasteiger partial charge in [-0.05, 0) is 35.4 Å². The van der Waals surface area contributed by atoms with Gasteiger partial charge in [0, 0.05) is 36.2 Å². The van der Waals surface area contributed by atoms with Crippen molar-refractivity contribution in [1.82, 2.24) is 10.2 Å². The van der Waals surface area contributed by atoms with Crippen LogP contribution in [0.4, 0.5) is 0 Å². The molecule has 0 aromatic heterocycles. The molecule has 0 amide bonds. The minimum atomic E-state index is 0.199. The Morgan fingerprint density at radius 3 is 1.86 bits per heavy atom. The normalized spacial score (nSPS) is 16.3. The Morgan fingerprint density at radius 2 is 1.38 bits per heavy atom. The first-order valence-electron chi connectivity index (χ1n) is 7.20. The van der Waals surface area contributed by atoms with Crippen LogP contribution in [0.15, 0.2) is 48.5 Å². The number of piperazine rings is 1. The van der Waals surface area contributed by atoms with Gasteiger partial charge < -0.3 is 5.32 Å². The number of hydrogen-bond donors (Lipinski definition) is 1. The van der Waals surface area contributed by atoms with Gasteiger partial charge in [-0.3, -0.25) is 4.90 Å². The molecule has 0 unspecified atom stereocenters. The van der Waals surface area contributed by atoms with Crippen molar-refractivity contribution in [2.45, 2.75) is 6.04 Å². The summed E-state index contributed by atoms with van der Waals surface area (Å²) in [6.07, 6.45) is 0. The molecule has 0 bridgehead atoms. The lowest BCUT2D eigenvalue weighted by atomic mass is 9.96. The summed E-state index contributed by atoms with van der Waals surface area (Å²) in [6.45, 7) is 4.06. The van der Waals surface area contributed by atoms with Crippen molar-refractivity contribution in [3.63, 3.8) is 0 Å². The molecular formula is C17H18Cl2N2. The van der Waals surface area contributed by atoms with E-state index in [0.29, 0.717) is 0 Å². The van der Waals surface area contributed by atoms with E-state index in [2.05, 4.69) is 34.5 Å². The van der Waals surface area contributed by atoms with E-state index in [-0.39, 0.29) is 6.04 Å². The third-order valence-electron chi connectivity index (χ3n) is 3.85. The highest BCUT2D eigenvalue weighted by atomic mass is 35.5. The summed E-state index contributed by atoms with van der Waals surface area (Å²) in [7, 11) is 0. The van der Waals surface area contributed by atoms with Crippen molar-refractivity contribution in [1.29, 1.82) is 0 Å². The largest absolute Gasteiger partial charge is 0.314 e. The Labute approximate surface area is 135 Å². The predicted octanol–water partition coefficient (Wildman–Crippen LogP) is 3.99. The Balaban J connectivity index is 2.01. The second-order valence-corrected chi connectivity index (χ2v) is 6.17. The summed E-state index contributed by atoms with van der Waals surface area (Å²) in [5.41, 5.74) is 2.43. The number of halogens is 2. The van der Waals surface area contributed by atoms with Crippen LogP contribution in [-0.2, 0) is 0 Å². The van der Waals surface area contributed by atoms with Crippen molar-refractivity contribution < 1.29 is 0 Å². The molecule has 2 nitrogen and oxygen atoms in total. The monoisotopic (exact) mass is 320 g/mol. The summed E-state index contributed by atoms with van der Waals surface area (Å²) < 4.78 is 0. The smallest absolute Gasteiger partial charge is 0.0603 e. The molecule has 1 aliphatic heterocycles. The quantitative estimate of drug-likeness (QED) is 0.920. The number of hydrogen-bond acceptors (Lipinski definition) is 2. The molecule has 1 fully saturated rings. The molecule has 0 aliphatic carbocycles. The number of nitrogens with one attached hydrogen (secondary N) is 1. The van der Waals surface area contributed by atoms with Gasteiger partial charge in [-0.25, -0.2) is 0 Å². The van der Waals surface area contributed by atoms with E-state index in [9.17, 15) is 0 Å². The highest BCUT2D eigenvalue weighted by Gasteiger charge is 2.24. The second-order valence-electron chi connectivity index (χ2n) is 5.30. The topological polar surface area (TPSA) is 15.3 Å². The van der Waals surface area contributed by atoms with Gasteiger partial charge in [0.15, 0.2) is 0 Å². The van der Waals surface area contributed by atoms with Crippen LogP contribution >= 0.6 is 23.2 Å². The fourth-order valence-electron chi connectivity index (χ4n) is 2.91. The van der Waals surface area contributed by atoms with Gasteiger partial charge >= 0.3 is 0 Å². The maximum absolute atomic E-state index is 6.19. The zero-order valence-electron chi connectivity index (χ0n) is 11.7. The average Bonchev–Trinajstić information content (AvgIpc) is 2.49. The summed E-state index contributed by atoms with van der Waals surface area (Å²) in [4.78, 5) is 2.48. The third-order valence-corrected chi connectivity index (χ3v) is 4.32. The molecule has 3 rings (SSSR count). The van der Waals surface area contributed by atoms with Gasteiger partial charge in [0.05, 0.1) is 6.04 Å². The van der Waals surface area contributed by atoms with Gasteiger partial charge in [0.1, 0.15) is 0 Å². The molecule has 0 spiro atoms. The van der Waals surface area contributed by atoms with Crippen molar-refractivity contribution in [2.75, 3.05) is 26.2 Å². The molecular weight excluding hydrogens is 303 g/mol. The van der Waals surface area contributed by atoms with E-state index in [1.165, 1.54) is 11.1 Å². The molecule has 1 heterocycles. The lowest BCUT2D eigenvalue weighted by molar-refractivity contribution is 0.198. The highest BCUT2D eigenvalue weighted by Crippen LogP contribution is 2.31. The maximum atomic E-state index is 6.19. The SMILES string of the molecule is Clc1cccc(C(c2cccc(Cl)c2)N2CCNCC2)c1. The highest BCUT2D eigenvalue weighted by molar-refractivity contribution is 6.31. The van der Waals surface area contributed by atoms with Crippen LogP contribution in [0.5, 0.6) is 0 Å². The van der Waals surface area contributed by atoms with Crippen molar-refractivity contribution in [2.24, 2.45) is 0 Å². The molecule has 1 saturated heterocycles. The average molecular weight is 321 g/mol. The number of benzene rings is 2. The second kappa shape index (κ2) is 6.80. The van der Waals surface area contributed by atoms with Crippen molar-refractivity contribution >= 4 is 23.2 Å². The lowest BCUT2D eigenvalue weighted by Crippen LogP contribution is -2.45. The van der Waals surface area contributed by atoms with E-state index >= 15 is 0 Å². The molecule has 1 N–H and O–H groups in total. The maximum Gasteiger partial charge on any atom is 0.0603 e. The van der Waals surface area contributed by atoms with Crippen LogP contribution in [0.25, 0.3) is 0 Å². The third kappa shape index (κ3) is 3.58. The molecule has 0 saturated carbocycles. The van der Waals surface area contributed by atoms with Crippen molar-refractivity contribution in [3.05, 3.63) is 69.7 Å². The zero-order valence-corrected chi connectivity index (χ0v) is 13.2. The standard InChI is InChI=1S/C17H18Cl2N2/c18-15-5-1-3-13(11-15)17(21-9-7-20-8-10-21)14-4-2-6-16(19)12-14/h1-6,11-12,17,20H,7-10H2. The van der Waals surface area contributed by atoms with Crippen LogP contribution in [-0.4, -0.2) is 31.1 Å². The number of nitrogens with zero attached hydrogens (tertiary/aromatic N) is 1. The van der Waals surface area contributed by atoms with Gasteiger partial charge in [0.25, 0.3) is 0 Å². The fraction of sp³-hybridized carbons (Fsp3) is 0.294. The zero-order chi connectivity index (χ0) is 14.7.